The molecule has 2 aliphatic heterocycles. The van der Waals surface area contributed by atoms with E-state index in [2.05, 4.69) is 39.0 Å². The Morgan fingerprint density at radius 3 is 2.61 bits per heavy atom. The highest BCUT2D eigenvalue weighted by molar-refractivity contribution is 5.77. The number of rotatable bonds is 6. The van der Waals surface area contributed by atoms with Crippen LogP contribution in [0.25, 0.3) is 0 Å². The van der Waals surface area contributed by atoms with Gasteiger partial charge in [0.2, 0.25) is 11.8 Å². The fourth-order valence-corrected chi connectivity index (χ4v) is 4.87. The number of piperidine rings is 2. The summed E-state index contributed by atoms with van der Waals surface area (Å²) in [6.45, 7) is 8.16. The molecule has 2 aliphatic rings. The van der Waals surface area contributed by atoms with Crippen molar-refractivity contribution >= 4 is 17.4 Å². The molecule has 7 nitrogen and oxygen atoms in total. The second kappa shape index (κ2) is 9.20. The Hall–Kier alpha value is -2.70. The molecule has 0 saturated carbocycles. The maximum atomic E-state index is 12.8. The van der Waals surface area contributed by atoms with Gasteiger partial charge in [-0.2, -0.15) is 0 Å². The summed E-state index contributed by atoms with van der Waals surface area (Å²) < 4.78 is 6.40. The first kappa shape index (κ1) is 21.5. The summed E-state index contributed by atoms with van der Waals surface area (Å²) in [5.41, 5.74) is 2.71. The molecule has 2 saturated heterocycles. The minimum absolute atomic E-state index is 0.0694. The molecule has 1 N–H and O–H groups in total. The van der Waals surface area contributed by atoms with Crippen LogP contribution in [0.4, 0.5) is 11.5 Å². The van der Waals surface area contributed by atoms with Crippen LogP contribution in [0.2, 0.25) is 0 Å². The summed E-state index contributed by atoms with van der Waals surface area (Å²) in [6.07, 6.45) is 9.08. The third kappa shape index (κ3) is 4.81. The normalized spacial score (nSPS) is 23.0. The van der Waals surface area contributed by atoms with E-state index in [4.69, 9.17) is 4.74 Å². The lowest BCUT2D eigenvalue weighted by Crippen LogP contribution is -2.57. The van der Waals surface area contributed by atoms with E-state index in [9.17, 15) is 4.79 Å². The molecular weight excluding hydrogens is 390 g/mol. The fraction of sp³-hybridized carbons (Fsp3) is 0.583. The average molecular weight is 424 g/mol. The highest BCUT2D eigenvalue weighted by atomic mass is 16.5. The highest BCUT2D eigenvalue weighted by Crippen LogP contribution is 2.37. The van der Waals surface area contributed by atoms with Crippen LogP contribution in [0.15, 0.2) is 24.7 Å². The van der Waals surface area contributed by atoms with Crippen molar-refractivity contribution in [3.8, 4) is 5.88 Å². The van der Waals surface area contributed by atoms with E-state index in [1.807, 2.05) is 26.0 Å². The molecule has 31 heavy (non-hydrogen) atoms. The number of amides is 1. The molecule has 166 valence electrons. The molecule has 0 spiro atoms. The van der Waals surface area contributed by atoms with Crippen LogP contribution in [-0.2, 0) is 4.79 Å². The molecule has 7 heteroatoms. The van der Waals surface area contributed by atoms with Crippen LogP contribution < -0.4 is 10.1 Å². The molecule has 0 aromatic carbocycles. The molecule has 2 bridgehead atoms. The predicted molar refractivity (Wildman–Crippen MR) is 120 cm³/mol. The van der Waals surface area contributed by atoms with Crippen molar-refractivity contribution in [1.29, 1.82) is 0 Å². The number of hydrogen-bond donors (Lipinski definition) is 1. The van der Waals surface area contributed by atoms with Crippen LogP contribution in [0, 0.1) is 19.8 Å². The van der Waals surface area contributed by atoms with Gasteiger partial charge in [0.15, 0.2) is 0 Å². The second-order valence-electron chi connectivity index (χ2n) is 9.26. The van der Waals surface area contributed by atoms with Gasteiger partial charge in [0.05, 0.1) is 16.9 Å². The van der Waals surface area contributed by atoms with Gasteiger partial charge >= 0.3 is 0 Å². The molecule has 0 aliphatic carbocycles. The number of aryl methyl sites for hydroxylation is 1. The van der Waals surface area contributed by atoms with Gasteiger partial charge in [-0.3, -0.25) is 9.78 Å². The summed E-state index contributed by atoms with van der Waals surface area (Å²) >= 11 is 0. The molecule has 2 unspecified atom stereocenters. The van der Waals surface area contributed by atoms with Gasteiger partial charge < -0.3 is 15.0 Å². The molecule has 4 rings (SSSR count). The lowest BCUT2D eigenvalue weighted by molar-refractivity contribution is -0.144. The van der Waals surface area contributed by atoms with Crippen LogP contribution in [0.5, 0.6) is 5.88 Å². The van der Waals surface area contributed by atoms with Crippen molar-refractivity contribution in [3.63, 3.8) is 0 Å². The van der Waals surface area contributed by atoms with Gasteiger partial charge in [-0.05, 0) is 51.2 Å². The molecule has 2 aromatic heterocycles. The summed E-state index contributed by atoms with van der Waals surface area (Å²) in [5, 5.41) is 3.35. The highest BCUT2D eigenvalue weighted by Gasteiger charge is 2.41. The molecule has 4 heterocycles. The Morgan fingerprint density at radius 1 is 1.19 bits per heavy atom. The average Bonchev–Trinajstić information content (AvgIpc) is 2.71. The minimum Gasteiger partial charge on any atom is -0.474 e. The van der Waals surface area contributed by atoms with Gasteiger partial charge in [0, 0.05) is 37.5 Å². The molecule has 2 aromatic rings. The first-order chi connectivity index (χ1) is 14.9. The number of carbonyl (C=O) groups excluding carboxylic acids is 1. The number of anilines is 2. The molecule has 2 fully saturated rings. The Balaban J connectivity index is 1.47. The molecule has 0 radical (unpaired) electrons. The van der Waals surface area contributed by atoms with E-state index in [1.54, 1.807) is 12.5 Å². The number of nitrogens with zero attached hydrogens (tertiary/aromatic N) is 4. The van der Waals surface area contributed by atoms with E-state index in [1.165, 1.54) is 6.42 Å². The maximum Gasteiger partial charge on any atom is 0.223 e. The third-order valence-corrected chi connectivity index (χ3v) is 6.38. The largest absolute Gasteiger partial charge is 0.474 e. The van der Waals surface area contributed by atoms with E-state index in [0.717, 1.165) is 48.4 Å². The van der Waals surface area contributed by atoms with Crippen molar-refractivity contribution in [3.05, 3.63) is 35.9 Å². The van der Waals surface area contributed by atoms with Crippen LogP contribution in [0.3, 0.4) is 0 Å². The zero-order valence-electron chi connectivity index (χ0n) is 19.0. The fourth-order valence-electron chi connectivity index (χ4n) is 4.87. The Morgan fingerprint density at radius 2 is 1.94 bits per heavy atom. The van der Waals surface area contributed by atoms with Crippen molar-refractivity contribution in [2.24, 2.45) is 5.92 Å². The van der Waals surface area contributed by atoms with Crippen LogP contribution in [0.1, 0.15) is 63.6 Å². The van der Waals surface area contributed by atoms with E-state index in [0.29, 0.717) is 24.1 Å². The standard InChI is InChI=1S/C24H33N5O2/c1-15(2)11-22(30)29-18-7-5-8-19(29)13-20(12-18)31-24-16(3)23(26-14-27-24)28-21-9-6-10-25-17(21)4/h6,9-10,14-15,18-20H,5,7-8,11-13H2,1-4H3,(H,26,27,28). The van der Waals surface area contributed by atoms with Gasteiger partial charge in [-0.25, -0.2) is 9.97 Å². The van der Waals surface area contributed by atoms with Crippen molar-refractivity contribution in [2.45, 2.75) is 84.4 Å². The second-order valence-corrected chi connectivity index (χ2v) is 9.26. The summed E-state index contributed by atoms with van der Waals surface area (Å²) in [4.78, 5) is 28.2. The summed E-state index contributed by atoms with van der Waals surface area (Å²) in [6, 6.07) is 4.44. The van der Waals surface area contributed by atoms with E-state index < -0.39 is 0 Å². The van der Waals surface area contributed by atoms with E-state index in [-0.39, 0.29) is 18.2 Å². The third-order valence-electron chi connectivity index (χ3n) is 6.38. The van der Waals surface area contributed by atoms with Crippen LogP contribution in [-0.4, -0.2) is 43.9 Å². The number of nitrogens with one attached hydrogen (secondary N) is 1. The predicted octanol–water partition coefficient (Wildman–Crippen LogP) is 4.57. The Bertz CT molecular complexity index is 918. The molecule has 1 amide bonds. The SMILES string of the molecule is Cc1ncccc1Nc1ncnc(OC2CC3CCCC(C2)N3C(=O)CC(C)C)c1C. The first-order valence-electron chi connectivity index (χ1n) is 11.4. The van der Waals surface area contributed by atoms with Gasteiger partial charge in [-0.15, -0.1) is 0 Å². The van der Waals surface area contributed by atoms with Gasteiger partial charge in [0.1, 0.15) is 18.2 Å². The number of aromatic nitrogens is 3. The van der Waals surface area contributed by atoms with Crippen molar-refractivity contribution < 1.29 is 9.53 Å². The van der Waals surface area contributed by atoms with Gasteiger partial charge in [-0.1, -0.05) is 13.8 Å². The Kier molecular flexibility index (Phi) is 6.39. The van der Waals surface area contributed by atoms with Crippen molar-refractivity contribution in [2.75, 3.05) is 5.32 Å². The van der Waals surface area contributed by atoms with Crippen molar-refractivity contribution in [1.82, 2.24) is 19.9 Å². The lowest BCUT2D eigenvalue weighted by atomic mass is 9.82. The minimum atomic E-state index is 0.0694. The number of carbonyl (C=O) groups is 1. The number of hydrogen-bond acceptors (Lipinski definition) is 6. The van der Waals surface area contributed by atoms with Crippen LogP contribution >= 0.6 is 0 Å². The van der Waals surface area contributed by atoms with E-state index >= 15 is 0 Å². The maximum absolute atomic E-state index is 12.8. The topological polar surface area (TPSA) is 80.2 Å². The number of ether oxygens (including phenoxy) is 1. The monoisotopic (exact) mass is 423 g/mol. The summed E-state index contributed by atoms with van der Waals surface area (Å²) in [5.74, 6) is 2.04. The Labute approximate surface area is 184 Å². The zero-order valence-corrected chi connectivity index (χ0v) is 19.0. The molecule has 2 atom stereocenters. The number of fused-ring (bicyclic) bond motifs is 2. The zero-order chi connectivity index (χ0) is 22.0. The number of pyridine rings is 1. The first-order valence-corrected chi connectivity index (χ1v) is 11.4. The van der Waals surface area contributed by atoms with Gasteiger partial charge in [0.25, 0.3) is 0 Å². The quantitative estimate of drug-likeness (QED) is 0.733. The lowest BCUT2D eigenvalue weighted by Gasteiger charge is -2.48. The smallest absolute Gasteiger partial charge is 0.223 e. The molecular formula is C24H33N5O2. The summed E-state index contributed by atoms with van der Waals surface area (Å²) in [7, 11) is 0.